The zero-order valence-electron chi connectivity index (χ0n) is 9.25. The van der Waals surface area contributed by atoms with E-state index in [2.05, 4.69) is 50.4 Å². The fraction of sp³-hybridized carbons (Fsp3) is 0.538. The maximum absolute atomic E-state index is 3.62. The first-order valence-electron chi connectivity index (χ1n) is 5.59. The Labute approximate surface area is 86.5 Å². The van der Waals surface area contributed by atoms with Crippen molar-refractivity contribution in [3.63, 3.8) is 0 Å². The lowest BCUT2D eigenvalue weighted by Gasteiger charge is -2.22. The van der Waals surface area contributed by atoms with Gasteiger partial charge in [0.2, 0.25) is 0 Å². The first-order chi connectivity index (χ1) is 6.74. The predicted octanol–water partition coefficient (Wildman–Crippen LogP) is 3.63. The summed E-state index contributed by atoms with van der Waals surface area (Å²) in [5.41, 5.74) is 2.85. The number of anilines is 1. The summed E-state index contributed by atoms with van der Waals surface area (Å²) < 4.78 is 0. The van der Waals surface area contributed by atoms with Gasteiger partial charge in [-0.3, -0.25) is 0 Å². The standard InChI is InChI=1S/C13H19N/c1-4-11-13(9(2)3)10-7-5-6-8-12(10)14-11/h5-9,11,13-14H,4H2,1-3H3. The van der Waals surface area contributed by atoms with E-state index in [1.165, 1.54) is 17.7 Å². The van der Waals surface area contributed by atoms with E-state index < -0.39 is 0 Å². The Kier molecular flexibility index (Phi) is 2.49. The lowest BCUT2D eigenvalue weighted by Crippen LogP contribution is -2.23. The summed E-state index contributed by atoms with van der Waals surface area (Å²) in [6, 6.07) is 9.35. The monoisotopic (exact) mass is 189 g/mol. The molecular weight excluding hydrogens is 170 g/mol. The third kappa shape index (κ3) is 1.41. The van der Waals surface area contributed by atoms with Crippen molar-refractivity contribution in [1.29, 1.82) is 0 Å². The Morgan fingerprint density at radius 2 is 2.00 bits per heavy atom. The molecule has 1 heterocycles. The molecule has 1 aliphatic heterocycles. The molecule has 0 aliphatic carbocycles. The van der Waals surface area contributed by atoms with Crippen LogP contribution in [0.4, 0.5) is 5.69 Å². The molecule has 0 aromatic heterocycles. The van der Waals surface area contributed by atoms with Gasteiger partial charge in [0, 0.05) is 17.6 Å². The van der Waals surface area contributed by atoms with Crippen molar-refractivity contribution in [2.75, 3.05) is 5.32 Å². The average molecular weight is 189 g/mol. The third-order valence-corrected chi connectivity index (χ3v) is 3.25. The molecule has 14 heavy (non-hydrogen) atoms. The summed E-state index contributed by atoms with van der Waals surface area (Å²) in [5.74, 6) is 1.41. The van der Waals surface area contributed by atoms with E-state index in [1.807, 2.05) is 0 Å². The maximum atomic E-state index is 3.62. The van der Waals surface area contributed by atoms with Gasteiger partial charge in [-0.05, 0) is 24.0 Å². The van der Waals surface area contributed by atoms with Gasteiger partial charge in [0.05, 0.1) is 0 Å². The summed E-state index contributed by atoms with van der Waals surface area (Å²) in [6.45, 7) is 6.90. The Morgan fingerprint density at radius 1 is 1.29 bits per heavy atom. The van der Waals surface area contributed by atoms with Crippen LogP contribution in [0, 0.1) is 5.92 Å². The minimum atomic E-state index is 0.632. The SMILES string of the molecule is CCC1Nc2ccccc2C1C(C)C. The molecule has 2 atom stereocenters. The van der Waals surface area contributed by atoms with Gasteiger partial charge in [0.1, 0.15) is 0 Å². The van der Waals surface area contributed by atoms with E-state index >= 15 is 0 Å². The molecule has 1 aromatic carbocycles. The first-order valence-corrected chi connectivity index (χ1v) is 5.59. The molecule has 0 saturated carbocycles. The molecule has 0 radical (unpaired) electrons. The minimum Gasteiger partial charge on any atom is -0.381 e. The van der Waals surface area contributed by atoms with Crippen LogP contribution in [-0.4, -0.2) is 6.04 Å². The predicted molar refractivity (Wildman–Crippen MR) is 61.7 cm³/mol. The van der Waals surface area contributed by atoms with Crippen molar-refractivity contribution in [3.05, 3.63) is 29.8 Å². The summed E-state index contributed by atoms with van der Waals surface area (Å²) >= 11 is 0. The molecule has 0 saturated heterocycles. The third-order valence-electron chi connectivity index (χ3n) is 3.25. The highest BCUT2D eigenvalue weighted by atomic mass is 15.0. The van der Waals surface area contributed by atoms with Gasteiger partial charge >= 0.3 is 0 Å². The summed E-state index contributed by atoms with van der Waals surface area (Å²) in [6.07, 6.45) is 1.21. The first kappa shape index (κ1) is 9.57. The topological polar surface area (TPSA) is 12.0 Å². The second kappa shape index (κ2) is 3.64. The number of fused-ring (bicyclic) bond motifs is 1. The highest BCUT2D eigenvalue weighted by Crippen LogP contribution is 2.41. The zero-order chi connectivity index (χ0) is 10.1. The van der Waals surface area contributed by atoms with Gasteiger partial charge in [-0.25, -0.2) is 0 Å². The fourth-order valence-electron chi connectivity index (χ4n) is 2.61. The van der Waals surface area contributed by atoms with Crippen LogP contribution in [0.1, 0.15) is 38.7 Å². The molecule has 1 aliphatic rings. The minimum absolute atomic E-state index is 0.632. The number of hydrogen-bond acceptors (Lipinski definition) is 1. The Bertz CT molecular complexity index is 317. The highest BCUT2D eigenvalue weighted by molar-refractivity contribution is 5.59. The lowest BCUT2D eigenvalue weighted by atomic mass is 9.84. The molecule has 0 fully saturated rings. The molecule has 76 valence electrons. The molecule has 2 unspecified atom stereocenters. The Morgan fingerprint density at radius 3 is 2.64 bits per heavy atom. The average Bonchev–Trinajstić information content (AvgIpc) is 2.55. The smallest absolute Gasteiger partial charge is 0.0378 e. The fourth-order valence-corrected chi connectivity index (χ4v) is 2.61. The van der Waals surface area contributed by atoms with Gasteiger partial charge in [-0.15, -0.1) is 0 Å². The van der Waals surface area contributed by atoms with Gasteiger partial charge in [-0.2, -0.15) is 0 Å². The van der Waals surface area contributed by atoms with E-state index in [1.54, 1.807) is 0 Å². The molecule has 1 heteroatoms. The van der Waals surface area contributed by atoms with Crippen LogP contribution in [-0.2, 0) is 0 Å². The number of rotatable bonds is 2. The largest absolute Gasteiger partial charge is 0.381 e. The van der Waals surface area contributed by atoms with E-state index in [0.717, 1.165) is 5.92 Å². The molecule has 2 rings (SSSR count). The summed E-state index contributed by atoms with van der Waals surface area (Å²) in [4.78, 5) is 0. The van der Waals surface area contributed by atoms with Crippen LogP contribution in [0.5, 0.6) is 0 Å². The van der Waals surface area contributed by atoms with E-state index in [-0.39, 0.29) is 0 Å². The quantitative estimate of drug-likeness (QED) is 0.749. The van der Waals surface area contributed by atoms with E-state index in [9.17, 15) is 0 Å². The maximum Gasteiger partial charge on any atom is 0.0378 e. The molecular formula is C13H19N. The van der Waals surface area contributed by atoms with Crippen LogP contribution in [0.3, 0.4) is 0 Å². The van der Waals surface area contributed by atoms with Crippen molar-refractivity contribution in [1.82, 2.24) is 0 Å². The Balaban J connectivity index is 2.37. The van der Waals surface area contributed by atoms with Gasteiger partial charge in [-0.1, -0.05) is 39.0 Å². The molecule has 0 spiro atoms. The van der Waals surface area contributed by atoms with E-state index in [0.29, 0.717) is 12.0 Å². The zero-order valence-corrected chi connectivity index (χ0v) is 9.25. The van der Waals surface area contributed by atoms with Crippen molar-refractivity contribution in [2.45, 2.75) is 39.2 Å². The Hall–Kier alpha value is -0.980. The van der Waals surface area contributed by atoms with Crippen LogP contribution in [0.2, 0.25) is 0 Å². The summed E-state index contributed by atoms with van der Waals surface area (Å²) in [7, 11) is 0. The number of nitrogens with one attached hydrogen (secondary N) is 1. The van der Waals surface area contributed by atoms with Crippen molar-refractivity contribution in [3.8, 4) is 0 Å². The second-order valence-corrected chi connectivity index (χ2v) is 4.52. The number of para-hydroxylation sites is 1. The number of hydrogen-bond donors (Lipinski definition) is 1. The lowest BCUT2D eigenvalue weighted by molar-refractivity contribution is 0.447. The van der Waals surface area contributed by atoms with Crippen molar-refractivity contribution < 1.29 is 0 Å². The van der Waals surface area contributed by atoms with Gasteiger partial charge < -0.3 is 5.32 Å². The molecule has 1 nitrogen and oxygen atoms in total. The highest BCUT2D eigenvalue weighted by Gasteiger charge is 2.32. The van der Waals surface area contributed by atoms with Crippen LogP contribution < -0.4 is 5.32 Å². The van der Waals surface area contributed by atoms with E-state index in [4.69, 9.17) is 0 Å². The molecule has 1 aromatic rings. The molecule has 0 bridgehead atoms. The van der Waals surface area contributed by atoms with Gasteiger partial charge in [0.25, 0.3) is 0 Å². The molecule has 1 N–H and O–H groups in total. The normalized spacial score (nSPS) is 24.9. The van der Waals surface area contributed by atoms with Crippen molar-refractivity contribution >= 4 is 5.69 Å². The van der Waals surface area contributed by atoms with Crippen LogP contribution in [0.25, 0.3) is 0 Å². The number of benzene rings is 1. The van der Waals surface area contributed by atoms with Gasteiger partial charge in [0.15, 0.2) is 0 Å². The van der Waals surface area contributed by atoms with Crippen molar-refractivity contribution in [2.24, 2.45) is 5.92 Å². The molecule has 0 amide bonds. The van der Waals surface area contributed by atoms with Crippen LogP contribution in [0.15, 0.2) is 24.3 Å². The van der Waals surface area contributed by atoms with Crippen LogP contribution >= 0.6 is 0 Å². The summed E-state index contributed by atoms with van der Waals surface area (Å²) in [5, 5.41) is 3.62. The second-order valence-electron chi connectivity index (χ2n) is 4.52.